The fraction of sp³-hybridized carbons (Fsp3) is 0.588. The van der Waals surface area contributed by atoms with Crippen LogP contribution in [0.25, 0.3) is 0 Å². The van der Waals surface area contributed by atoms with Gasteiger partial charge in [-0.2, -0.15) is 0 Å². The minimum Gasteiger partial charge on any atom is -0.377 e. The molecule has 2 heterocycles. The molecular formula is C17H23NO2. The quantitative estimate of drug-likeness (QED) is 0.787. The maximum absolute atomic E-state index is 12.7. The number of fused-ring (bicyclic) bond motifs is 2. The van der Waals surface area contributed by atoms with Gasteiger partial charge in [0.05, 0.1) is 25.3 Å². The molecule has 0 N–H and O–H groups in total. The van der Waals surface area contributed by atoms with Gasteiger partial charge in [0.15, 0.2) is 0 Å². The van der Waals surface area contributed by atoms with Gasteiger partial charge in [-0.15, -0.1) is 0 Å². The summed E-state index contributed by atoms with van der Waals surface area (Å²) in [5.74, 6) is 0.168. The second-order valence-electron chi connectivity index (χ2n) is 6.96. The van der Waals surface area contributed by atoms with E-state index in [2.05, 4.69) is 37.8 Å². The molecule has 0 saturated carbocycles. The maximum atomic E-state index is 12.7. The lowest BCUT2D eigenvalue weighted by Crippen LogP contribution is -2.49. The van der Waals surface area contributed by atoms with E-state index < -0.39 is 0 Å². The number of morpholine rings is 1. The first kappa shape index (κ1) is 13.6. The van der Waals surface area contributed by atoms with Gasteiger partial charge < -0.3 is 9.64 Å². The Morgan fingerprint density at radius 3 is 2.15 bits per heavy atom. The van der Waals surface area contributed by atoms with E-state index in [1.165, 1.54) is 5.56 Å². The Morgan fingerprint density at radius 2 is 1.65 bits per heavy atom. The Bertz CT molecular complexity index is 485. The van der Waals surface area contributed by atoms with Gasteiger partial charge in [0.2, 0.25) is 0 Å². The van der Waals surface area contributed by atoms with Crippen LogP contribution >= 0.6 is 0 Å². The third kappa shape index (κ3) is 2.35. The lowest BCUT2D eigenvalue weighted by Gasteiger charge is -2.34. The molecular weight excluding hydrogens is 250 g/mol. The summed E-state index contributed by atoms with van der Waals surface area (Å²) in [6, 6.07) is 8.66. The molecule has 2 bridgehead atoms. The summed E-state index contributed by atoms with van der Waals surface area (Å²) in [4.78, 5) is 14.7. The van der Waals surface area contributed by atoms with Crippen LogP contribution in [-0.2, 0) is 10.2 Å². The van der Waals surface area contributed by atoms with Crippen molar-refractivity contribution in [2.75, 3.05) is 13.2 Å². The fourth-order valence-electron chi connectivity index (χ4n) is 3.22. The minimum atomic E-state index is 0.125. The van der Waals surface area contributed by atoms with Gasteiger partial charge in [0.1, 0.15) is 0 Å². The first-order valence-corrected chi connectivity index (χ1v) is 7.48. The Morgan fingerprint density at radius 1 is 1.10 bits per heavy atom. The number of benzene rings is 1. The number of hydrogen-bond acceptors (Lipinski definition) is 2. The predicted molar refractivity (Wildman–Crippen MR) is 78.9 cm³/mol. The number of rotatable bonds is 1. The Kier molecular flexibility index (Phi) is 3.33. The van der Waals surface area contributed by atoms with E-state index in [-0.39, 0.29) is 23.4 Å². The van der Waals surface area contributed by atoms with Crippen molar-refractivity contribution in [2.24, 2.45) is 0 Å². The smallest absolute Gasteiger partial charge is 0.254 e. The molecule has 2 unspecified atom stereocenters. The minimum absolute atomic E-state index is 0.125. The summed E-state index contributed by atoms with van der Waals surface area (Å²) in [6.07, 6.45) is 2.16. The van der Waals surface area contributed by atoms with Gasteiger partial charge in [-0.3, -0.25) is 4.79 Å². The van der Waals surface area contributed by atoms with Crippen molar-refractivity contribution in [1.82, 2.24) is 4.90 Å². The van der Waals surface area contributed by atoms with Crippen LogP contribution in [0.1, 0.15) is 49.5 Å². The highest BCUT2D eigenvalue weighted by atomic mass is 16.5. The summed E-state index contributed by atoms with van der Waals surface area (Å²) in [5.41, 5.74) is 2.19. The van der Waals surface area contributed by atoms with Crippen molar-refractivity contribution in [3.05, 3.63) is 35.4 Å². The second kappa shape index (κ2) is 4.88. The molecule has 108 valence electrons. The lowest BCUT2D eigenvalue weighted by molar-refractivity contribution is -0.00715. The summed E-state index contributed by atoms with van der Waals surface area (Å²) in [7, 11) is 0. The Labute approximate surface area is 120 Å². The fourth-order valence-corrected chi connectivity index (χ4v) is 3.22. The van der Waals surface area contributed by atoms with E-state index in [4.69, 9.17) is 4.74 Å². The van der Waals surface area contributed by atoms with Crippen LogP contribution in [0.4, 0.5) is 0 Å². The number of hydrogen-bond donors (Lipinski definition) is 0. The first-order valence-electron chi connectivity index (χ1n) is 7.48. The lowest BCUT2D eigenvalue weighted by atomic mass is 9.86. The Balaban J connectivity index is 1.81. The number of amides is 1. The van der Waals surface area contributed by atoms with Gasteiger partial charge in [0, 0.05) is 5.56 Å². The summed E-state index contributed by atoms with van der Waals surface area (Å²) in [6.45, 7) is 7.95. The summed E-state index contributed by atoms with van der Waals surface area (Å²) >= 11 is 0. The Hall–Kier alpha value is -1.35. The number of carbonyl (C=O) groups excluding carboxylic acids is 1. The number of ether oxygens (including phenoxy) is 1. The SMILES string of the molecule is CC(C)(C)c1ccc(C(=O)N2C3CCC2COC3)cc1. The largest absolute Gasteiger partial charge is 0.377 e. The van der Waals surface area contributed by atoms with Crippen molar-refractivity contribution in [3.8, 4) is 0 Å². The van der Waals surface area contributed by atoms with Crippen molar-refractivity contribution in [1.29, 1.82) is 0 Å². The van der Waals surface area contributed by atoms with Gasteiger partial charge in [-0.1, -0.05) is 32.9 Å². The molecule has 3 nitrogen and oxygen atoms in total. The van der Waals surface area contributed by atoms with Crippen molar-refractivity contribution in [3.63, 3.8) is 0 Å². The van der Waals surface area contributed by atoms with Crippen LogP contribution in [0.15, 0.2) is 24.3 Å². The van der Waals surface area contributed by atoms with Crippen molar-refractivity contribution < 1.29 is 9.53 Å². The molecule has 0 aromatic heterocycles. The predicted octanol–water partition coefficient (Wildman–Crippen LogP) is 2.99. The van der Waals surface area contributed by atoms with Crippen LogP contribution in [0.5, 0.6) is 0 Å². The highest BCUT2D eigenvalue weighted by Gasteiger charge is 2.40. The zero-order valence-electron chi connectivity index (χ0n) is 12.6. The zero-order chi connectivity index (χ0) is 14.3. The van der Waals surface area contributed by atoms with Crippen molar-refractivity contribution in [2.45, 2.75) is 51.1 Å². The third-order valence-corrected chi connectivity index (χ3v) is 4.47. The molecule has 0 radical (unpaired) electrons. The van der Waals surface area contributed by atoms with E-state index in [0.717, 1.165) is 18.4 Å². The molecule has 2 saturated heterocycles. The molecule has 1 amide bonds. The molecule has 3 rings (SSSR count). The molecule has 0 aliphatic carbocycles. The molecule has 2 aliphatic heterocycles. The van der Waals surface area contributed by atoms with E-state index in [1.54, 1.807) is 0 Å². The second-order valence-corrected chi connectivity index (χ2v) is 6.96. The molecule has 20 heavy (non-hydrogen) atoms. The molecule has 1 aromatic carbocycles. The molecule has 2 atom stereocenters. The number of nitrogens with zero attached hydrogens (tertiary/aromatic N) is 1. The highest BCUT2D eigenvalue weighted by Crippen LogP contribution is 2.30. The normalized spacial score (nSPS) is 25.9. The van der Waals surface area contributed by atoms with Gasteiger partial charge in [-0.25, -0.2) is 0 Å². The van der Waals surface area contributed by atoms with Crippen LogP contribution in [0.3, 0.4) is 0 Å². The van der Waals surface area contributed by atoms with Gasteiger partial charge in [-0.05, 0) is 36.0 Å². The topological polar surface area (TPSA) is 29.5 Å². The molecule has 1 aromatic rings. The molecule has 2 aliphatic rings. The average Bonchev–Trinajstić information content (AvgIpc) is 2.66. The monoisotopic (exact) mass is 273 g/mol. The number of carbonyl (C=O) groups is 1. The maximum Gasteiger partial charge on any atom is 0.254 e. The summed E-state index contributed by atoms with van der Waals surface area (Å²) < 4.78 is 5.54. The highest BCUT2D eigenvalue weighted by molar-refractivity contribution is 5.95. The zero-order valence-corrected chi connectivity index (χ0v) is 12.6. The summed E-state index contributed by atoms with van der Waals surface area (Å²) in [5, 5.41) is 0. The van der Waals surface area contributed by atoms with E-state index in [0.29, 0.717) is 13.2 Å². The van der Waals surface area contributed by atoms with Gasteiger partial charge in [0.25, 0.3) is 5.91 Å². The third-order valence-electron chi connectivity index (χ3n) is 4.47. The first-order chi connectivity index (χ1) is 9.47. The average molecular weight is 273 g/mol. The van der Waals surface area contributed by atoms with Crippen LogP contribution in [0.2, 0.25) is 0 Å². The molecule has 3 heteroatoms. The van der Waals surface area contributed by atoms with Gasteiger partial charge >= 0.3 is 0 Å². The standard InChI is InChI=1S/C17H23NO2/c1-17(2,3)13-6-4-12(5-7-13)16(19)18-14-8-9-15(18)11-20-10-14/h4-7,14-15H,8-11H2,1-3H3. The molecule has 2 fully saturated rings. The van der Waals surface area contributed by atoms with Crippen LogP contribution in [0, 0.1) is 0 Å². The van der Waals surface area contributed by atoms with Crippen molar-refractivity contribution >= 4 is 5.91 Å². The molecule has 0 spiro atoms. The van der Waals surface area contributed by atoms with Crippen LogP contribution in [-0.4, -0.2) is 36.1 Å². The van der Waals surface area contributed by atoms with E-state index in [9.17, 15) is 4.79 Å². The van der Waals surface area contributed by atoms with E-state index in [1.807, 2.05) is 12.1 Å². The van der Waals surface area contributed by atoms with E-state index >= 15 is 0 Å². The van der Waals surface area contributed by atoms with Crippen LogP contribution < -0.4 is 0 Å².